The van der Waals surface area contributed by atoms with Crippen molar-refractivity contribution in [2.45, 2.75) is 51.8 Å². The Balaban J connectivity index is 2.52. The van der Waals surface area contributed by atoms with E-state index in [-0.39, 0.29) is 11.9 Å². The molecule has 1 saturated heterocycles. The predicted molar refractivity (Wildman–Crippen MR) is 61.1 cm³/mol. The molecular formula is C11H20N2O4. The van der Waals surface area contributed by atoms with Crippen LogP contribution in [0.1, 0.15) is 34.1 Å². The average molecular weight is 244 g/mol. The van der Waals surface area contributed by atoms with E-state index in [1.54, 1.807) is 20.8 Å². The zero-order chi connectivity index (χ0) is 13.2. The van der Waals surface area contributed by atoms with Crippen LogP contribution in [0, 0.1) is 0 Å². The maximum Gasteiger partial charge on any atom is 0.408 e. The molecule has 0 saturated carbocycles. The van der Waals surface area contributed by atoms with Crippen LogP contribution in [0.4, 0.5) is 4.79 Å². The summed E-state index contributed by atoms with van der Waals surface area (Å²) in [6.07, 6.45) is 0.130. The molecule has 0 radical (unpaired) electrons. The van der Waals surface area contributed by atoms with Crippen LogP contribution in [-0.2, 0) is 14.4 Å². The van der Waals surface area contributed by atoms with Crippen molar-refractivity contribution in [2.24, 2.45) is 0 Å². The number of hydrogen-bond donors (Lipinski definition) is 1. The first kappa shape index (κ1) is 13.8. The Morgan fingerprint density at radius 2 is 2.06 bits per heavy atom. The molecule has 0 bridgehead atoms. The molecule has 2 unspecified atom stereocenters. The zero-order valence-electron chi connectivity index (χ0n) is 10.9. The minimum absolute atomic E-state index is 0.125. The predicted octanol–water partition coefficient (Wildman–Crippen LogP) is 1.06. The molecule has 1 heterocycles. The van der Waals surface area contributed by atoms with Crippen molar-refractivity contribution in [1.29, 1.82) is 0 Å². The molecule has 0 aromatic carbocycles. The number of nitrogens with zero attached hydrogens (tertiary/aromatic N) is 1. The Hall–Kier alpha value is -1.30. The summed E-state index contributed by atoms with van der Waals surface area (Å²) < 4.78 is 5.09. The van der Waals surface area contributed by atoms with Crippen molar-refractivity contribution < 1.29 is 19.2 Å². The van der Waals surface area contributed by atoms with E-state index in [1.807, 2.05) is 6.92 Å². The van der Waals surface area contributed by atoms with Crippen LogP contribution in [0.2, 0.25) is 0 Å². The number of nitrogens with one attached hydrogen (secondary N) is 1. The number of ether oxygens (including phenoxy) is 1. The van der Waals surface area contributed by atoms with E-state index >= 15 is 0 Å². The smallest absolute Gasteiger partial charge is 0.408 e. The van der Waals surface area contributed by atoms with Crippen molar-refractivity contribution in [3.05, 3.63) is 0 Å². The molecule has 6 nitrogen and oxygen atoms in total. The lowest BCUT2D eigenvalue weighted by molar-refractivity contribution is -0.223. The minimum atomic E-state index is -0.579. The van der Waals surface area contributed by atoms with E-state index in [2.05, 4.69) is 5.32 Å². The maximum absolute atomic E-state index is 11.6. The van der Waals surface area contributed by atoms with Crippen molar-refractivity contribution >= 4 is 12.0 Å². The number of β-lactam (4-membered cyclic amide) rings is 1. The Bertz CT molecular complexity index is 311. The van der Waals surface area contributed by atoms with Gasteiger partial charge in [0.2, 0.25) is 0 Å². The number of carbonyl (C=O) groups is 2. The Labute approximate surface area is 101 Å². The van der Waals surface area contributed by atoms with Crippen LogP contribution in [-0.4, -0.2) is 41.9 Å². The van der Waals surface area contributed by atoms with Crippen LogP contribution >= 0.6 is 0 Å². The quantitative estimate of drug-likeness (QED) is 0.754. The number of hydroxylamine groups is 2. The molecular weight excluding hydrogens is 224 g/mol. The summed E-state index contributed by atoms with van der Waals surface area (Å²) in [7, 11) is 1.43. The van der Waals surface area contributed by atoms with Crippen molar-refractivity contribution in [1.82, 2.24) is 10.4 Å². The molecule has 1 aliphatic heterocycles. The zero-order valence-corrected chi connectivity index (χ0v) is 10.9. The standard InChI is InChI=1S/C11H20N2O4/c1-6-7-8(9(14)13(7)16-5)12-10(15)17-11(2,3)4/h7-8H,6H2,1-5H3,(H,12,15). The average Bonchev–Trinajstić information content (AvgIpc) is 2.19. The van der Waals surface area contributed by atoms with Gasteiger partial charge in [-0.15, -0.1) is 0 Å². The van der Waals surface area contributed by atoms with Gasteiger partial charge in [0.15, 0.2) is 0 Å². The van der Waals surface area contributed by atoms with E-state index < -0.39 is 17.7 Å². The molecule has 1 N–H and O–H groups in total. The molecule has 1 rings (SSSR count). The van der Waals surface area contributed by atoms with E-state index in [0.717, 1.165) is 0 Å². The molecule has 2 amide bonds. The summed E-state index contributed by atoms with van der Waals surface area (Å²) in [5.41, 5.74) is -0.570. The summed E-state index contributed by atoms with van der Waals surface area (Å²) in [6, 6.07) is -0.671. The highest BCUT2D eigenvalue weighted by Gasteiger charge is 2.48. The summed E-state index contributed by atoms with van der Waals surface area (Å²) in [5.74, 6) is -0.245. The first-order valence-electron chi connectivity index (χ1n) is 5.67. The van der Waals surface area contributed by atoms with E-state index in [0.29, 0.717) is 6.42 Å². The summed E-state index contributed by atoms with van der Waals surface area (Å²) >= 11 is 0. The van der Waals surface area contributed by atoms with Crippen LogP contribution in [0.3, 0.4) is 0 Å². The SMILES string of the molecule is CCC1C(NC(=O)OC(C)(C)C)C(=O)N1OC. The number of hydrogen-bond acceptors (Lipinski definition) is 4. The van der Waals surface area contributed by atoms with Gasteiger partial charge >= 0.3 is 6.09 Å². The number of carbonyl (C=O) groups excluding carboxylic acids is 2. The van der Waals surface area contributed by atoms with Gasteiger partial charge in [0.25, 0.3) is 5.91 Å². The van der Waals surface area contributed by atoms with Gasteiger partial charge in [-0.2, -0.15) is 0 Å². The third kappa shape index (κ3) is 3.09. The monoisotopic (exact) mass is 244 g/mol. The third-order valence-electron chi connectivity index (χ3n) is 2.46. The van der Waals surface area contributed by atoms with Crippen LogP contribution in [0.15, 0.2) is 0 Å². The fourth-order valence-electron chi connectivity index (χ4n) is 1.74. The molecule has 0 aromatic rings. The summed E-state index contributed by atoms with van der Waals surface area (Å²) in [6.45, 7) is 7.24. The van der Waals surface area contributed by atoms with Gasteiger partial charge in [0, 0.05) is 0 Å². The molecule has 17 heavy (non-hydrogen) atoms. The highest BCUT2D eigenvalue weighted by Crippen LogP contribution is 2.23. The summed E-state index contributed by atoms with van der Waals surface area (Å²) in [5, 5.41) is 3.82. The lowest BCUT2D eigenvalue weighted by Gasteiger charge is -2.44. The second-order valence-corrected chi connectivity index (χ2v) is 4.95. The van der Waals surface area contributed by atoms with E-state index in [4.69, 9.17) is 9.57 Å². The topological polar surface area (TPSA) is 67.9 Å². The lowest BCUT2D eigenvalue weighted by atomic mass is 9.96. The van der Waals surface area contributed by atoms with Gasteiger partial charge in [-0.1, -0.05) is 6.92 Å². The van der Waals surface area contributed by atoms with Gasteiger partial charge in [-0.25, -0.2) is 9.86 Å². The molecule has 98 valence electrons. The van der Waals surface area contributed by atoms with E-state index in [1.165, 1.54) is 12.2 Å². The normalized spacial score (nSPS) is 24.3. The molecule has 6 heteroatoms. The Morgan fingerprint density at radius 3 is 2.47 bits per heavy atom. The third-order valence-corrected chi connectivity index (χ3v) is 2.46. The largest absolute Gasteiger partial charge is 0.444 e. The fourth-order valence-corrected chi connectivity index (χ4v) is 1.74. The number of amides is 2. The first-order valence-corrected chi connectivity index (χ1v) is 5.67. The van der Waals surface area contributed by atoms with Gasteiger partial charge in [0.05, 0.1) is 13.2 Å². The lowest BCUT2D eigenvalue weighted by Crippen LogP contribution is -2.70. The molecule has 0 spiro atoms. The van der Waals surface area contributed by atoms with Crippen LogP contribution < -0.4 is 5.32 Å². The first-order chi connectivity index (χ1) is 7.80. The van der Waals surface area contributed by atoms with Gasteiger partial charge < -0.3 is 10.1 Å². The molecule has 0 aromatic heterocycles. The second-order valence-electron chi connectivity index (χ2n) is 4.95. The maximum atomic E-state index is 11.6. The van der Waals surface area contributed by atoms with Crippen molar-refractivity contribution in [3.8, 4) is 0 Å². The molecule has 0 aliphatic carbocycles. The van der Waals surface area contributed by atoms with Crippen molar-refractivity contribution in [2.75, 3.05) is 7.11 Å². The van der Waals surface area contributed by atoms with Crippen LogP contribution in [0.5, 0.6) is 0 Å². The number of alkyl carbamates (subject to hydrolysis) is 1. The molecule has 1 aliphatic rings. The van der Waals surface area contributed by atoms with Gasteiger partial charge in [-0.3, -0.25) is 9.63 Å². The molecule has 2 atom stereocenters. The van der Waals surface area contributed by atoms with E-state index in [9.17, 15) is 9.59 Å². The highest BCUT2D eigenvalue weighted by atomic mass is 16.7. The van der Waals surface area contributed by atoms with Gasteiger partial charge in [0.1, 0.15) is 11.6 Å². The fraction of sp³-hybridized carbons (Fsp3) is 0.818. The Morgan fingerprint density at radius 1 is 1.47 bits per heavy atom. The summed E-state index contributed by atoms with van der Waals surface area (Å²) in [4.78, 5) is 28.0. The number of rotatable bonds is 3. The van der Waals surface area contributed by atoms with Crippen molar-refractivity contribution in [3.63, 3.8) is 0 Å². The second kappa shape index (κ2) is 4.91. The Kier molecular flexibility index (Phi) is 3.98. The van der Waals surface area contributed by atoms with Crippen LogP contribution in [0.25, 0.3) is 0 Å². The molecule has 1 fully saturated rings. The highest BCUT2D eigenvalue weighted by molar-refractivity contribution is 5.91. The minimum Gasteiger partial charge on any atom is -0.444 e. The van der Waals surface area contributed by atoms with Gasteiger partial charge in [-0.05, 0) is 27.2 Å².